The number of rotatable bonds is 9. The summed E-state index contributed by atoms with van der Waals surface area (Å²) in [5.41, 5.74) is 1.08. The lowest BCUT2D eigenvalue weighted by molar-refractivity contribution is 0.0956. The minimum atomic E-state index is -3.02. The number of hydrogen-bond donors (Lipinski definition) is 2. The van der Waals surface area contributed by atoms with Crippen LogP contribution in [0.3, 0.4) is 0 Å². The van der Waals surface area contributed by atoms with Gasteiger partial charge in [-0.3, -0.25) is 0 Å². The number of nitrogens with zero attached hydrogens (tertiary/aromatic N) is 6. The summed E-state index contributed by atoms with van der Waals surface area (Å²) in [6, 6.07) is 2.76. The van der Waals surface area contributed by atoms with E-state index in [1.165, 1.54) is 0 Å². The molecule has 2 fully saturated rings. The first-order valence-electron chi connectivity index (χ1n) is 13.2. The Morgan fingerprint density at radius 3 is 2.59 bits per heavy atom. The number of nitrogens with one attached hydrogen (secondary N) is 2. The number of hydrogen-bond acceptors (Lipinski definition) is 10. The summed E-state index contributed by atoms with van der Waals surface area (Å²) < 4.78 is 50.5. The summed E-state index contributed by atoms with van der Waals surface area (Å²) in [5.74, 6) is 2.98. The van der Waals surface area contributed by atoms with Gasteiger partial charge in [0.1, 0.15) is 27.3 Å². The average Bonchev–Trinajstić information content (AvgIpc) is 2.90. The van der Waals surface area contributed by atoms with E-state index in [1.54, 1.807) is 30.3 Å². The minimum absolute atomic E-state index is 0.101. The molecule has 5 rings (SSSR count). The predicted octanol–water partition coefficient (Wildman–Crippen LogP) is 3.20. The highest BCUT2D eigenvalue weighted by molar-refractivity contribution is 7.91. The molecular weight excluding hydrogens is 526 g/mol. The first-order chi connectivity index (χ1) is 18.6. The van der Waals surface area contributed by atoms with Gasteiger partial charge in [-0.2, -0.15) is 4.98 Å². The van der Waals surface area contributed by atoms with Gasteiger partial charge in [0.25, 0.3) is 6.43 Å². The molecule has 0 aliphatic carbocycles. The van der Waals surface area contributed by atoms with E-state index in [0.29, 0.717) is 43.8 Å². The van der Waals surface area contributed by atoms with Crippen LogP contribution in [-0.2, 0) is 9.84 Å². The molecule has 210 valence electrons. The molecule has 2 N–H and O–H groups in total. The van der Waals surface area contributed by atoms with Crippen molar-refractivity contribution in [2.45, 2.75) is 39.2 Å². The van der Waals surface area contributed by atoms with Crippen LogP contribution >= 0.6 is 0 Å². The maximum atomic E-state index is 13.2. The lowest BCUT2D eigenvalue weighted by Gasteiger charge is -2.40. The monoisotopic (exact) mass is 560 g/mol. The first-order valence-corrected chi connectivity index (χ1v) is 15.1. The van der Waals surface area contributed by atoms with Gasteiger partial charge in [-0.25, -0.2) is 32.2 Å². The second kappa shape index (κ2) is 11.1. The Bertz CT molecular complexity index is 1430. The Morgan fingerprint density at radius 2 is 1.87 bits per heavy atom. The zero-order valence-electron chi connectivity index (χ0n) is 22.3. The molecule has 0 bridgehead atoms. The van der Waals surface area contributed by atoms with Crippen molar-refractivity contribution in [2.24, 2.45) is 5.92 Å². The minimum Gasteiger partial charge on any atom is -0.355 e. The Labute approximate surface area is 227 Å². The molecule has 3 aromatic heterocycles. The van der Waals surface area contributed by atoms with Gasteiger partial charge in [-0.15, -0.1) is 0 Å². The zero-order chi connectivity index (χ0) is 27.7. The van der Waals surface area contributed by atoms with Crippen LogP contribution in [0.15, 0.2) is 30.7 Å². The highest BCUT2D eigenvalue weighted by Crippen LogP contribution is 2.35. The molecule has 13 heteroatoms. The van der Waals surface area contributed by atoms with E-state index in [2.05, 4.69) is 44.3 Å². The van der Waals surface area contributed by atoms with Crippen LogP contribution in [0.25, 0.3) is 10.8 Å². The van der Waals surface area contributed by atoms with Gasteiger partial charge in [0, 0.05) is 68.4 Å². The average molecular weight is 561 g/mol. The summed E-state index contributed by atoms with van der Waals surface area (Å²) in [6.45, 7) is 8.28. The van der Waals surface area contributed by atoms with Gasteiger partial charge >= 0.3 is 0 Å². The van der Waals surface area contributed by atoms with Gasteiger partial charge in [-0.1, -0.05) is 20.8 Å². The molecule has 10 nitrogen and oxygen atoms in total. The molecular formula is C26H34F2N8O2S. The molecule has 0 aromatic carbocycles. The van der Waals surface area contributed by atoms with Crippen molar-refractivity contribution in [3.8, 4) is 0 Å². The fourth-order valence-corrected chi connectivity index (χ4v) is 6.24. The van der Waals surface area contributed by atoms with Crippen molar-refractivity contribution >= 4 is 44.0 Å². The molecule has 1 atom stereocenters. The number of fused-ring (bicyclic) bond motifs is 1. The third kappa shape index (κ3) is 6.03. The van der Waals surface area contributed by atoms with Crippen LogP contribution in [0.5, 0.6) is 0 Å². The SMILES string of the molecule is CCS(=O)(=O)CC1CN(c2ncc(C(C)C)c3cc(Nc4ccnc(N5CCN[C@H](C(F)F)C5)n4)ncc23)C1. The van der Waals surface area contributed by atoms with E-state index in [1.807, 2.05) is 12.3 Å². The van der Waals surface area contributed by atoms with E-state index in [-0.39, 0.29) is 29.9 Å². The fourth-order valence-electron chi connectivity index (χ4n) is 5.08. The maximum absolute atomic E-state index is 13.2. The first kappa shape index (κ1) is 27.4. The number of pyridine rings is 2. The molecule has 2 saturated heterocycles. The lowest BCUT2D eigenvalue weighted by atomic mass is 9.97. The van der Waals surface area contributed by atoms with Crippen LogP contribution in [-0.4, -0.2) is 85.1 Å². The van der Waals surface area contributed by atoms with Crippen LogP contribution in [0.4, 0.5) is 32.2 Å². The van der Waals surface area contributed by atoms with Crippen molar-refractivity contribution in [1.82, 2.24) is 25.3 Å². The molecule has 3 aromatic rings. The number of halogens is 2. The van der Waals surface area contributed by atoms with Crippen molar-refractivity contribution < 1.29 is 17.2 Å². The maximum Gasteiger partial charge on any atom is 0.255 e. The number of piperazine rings is 1. The smallest absolute Gasteiger partial charge is 0.255 e. The van der Waals surface area contributed by atoms with E-state index in [0.717, 1.165) is 22.2 Å². The van der Waals surface area contributed by atoms with Gasteiger partial charge in [0.15, 0.2) is 0 Å². The molecule has 0 amide bonds. The summed E-state index contributed by atoms with van der Waals surface area (Å²) in [4.78, 5) is 22.1. The Hall–Kier alpha value is -3.19. The van der Waals surface area contributed by atoms with Crippen molar-refractivity contribution in [2.75, 3.05) is 59.3 Å². The molecule has 2 aliphatic heterocycles. The summed E-state index contributed by atoms with van der Waals surface area (Å²) in [6.07, 6.45) is 2.81. The van der Waals surface area contributed by atoms with Crippen LogP contribution in [0.2, 0.25) is 0 Å². The molecule has 0 saturated carbocycles. The topological polar surface area (TPSA) is 116 Å². The Balaban J connectivity index is 1.37. The van der Waals surface area contributed by atoms with Crippen LogP contribution in [0, 0.1) is 5.92 Å². The summed E-state index contributed by atoms with van der Waals surface area (Å²) >= 11 is 0. The zero-order valence-corrected chi connectivity index (χ0v) is 23.1. The molecule has 39 heavy (non-hydrogen) atoms. The van der Waals surface area contributed by atoms with E-state index < -0.39 is 22.3 Å². The number of alkyl halides is 2. The largest absolute Gasteiger partial charge is 0.355 e. The summed E-state index contributed by atoms with van der Waals surface area (Å²) in [7, 11) is -3.02. The van der Waals surface area contributed by atoms with Gasteiger partial charge in [-0.05, 0) is 29.0 Å². The second-order valence-corrected chi connectivity index (χ2v) is 12.9. The molecule has 0 radical (unpaired) electrons. The van der Waals surface area contributed by atoms with E-state index >= 15 is 0 Å². The third-order valence-corrected chi connectivity index (χ3v) is 9.14. The van der Waals surface area contributed by atoms with Crippen LogP contribution < -0.4 is 20.4 Å². The molecule has 5 heterocycles. The van der Waals surface area contributed by atoms with Crippen LogP contribution in [0.1, 0.15) is 32.3 Å². The molecule has 2 aliphatic rings. The highest BCUT2D eigenvalue weighted by atomic mass is 32.2. The Kier molecular flexibility index (Phi) is 7.81. The normalized spacial score (nSPS) is 18.7. The molecule has 0 spiro atoms. The third-order valence-electron chi connectivity index (χ3n) is 7.28. The van der Waals surface area contributed by atoms with Crippen molar-refractivity contribution in [3.05, 3.63) is 36.3 Å². The highest BCUT2D eigenvalue weighted by Gasteiger charge is 2.32. The summed E-state index contributed by atoms with van der Waals surface area (Å²) in [5, 5.41) is 7.99. The lowest BCUT2D eigenvalue weighted by Crippen LogP contribution is -2.54. The number of aromatic nitrogens is 4. The van der Waals surface area contributed by atoms with E-state index in [9.17, 15) is 17.2 Å². The molecule has 0 unspecified atom stereocenters. The van der Waals surface area contributed by atoms with Gasteiger partial charge in [0.2, 0.25) is 5.95 Å². The number of sulfone groups is 1. The van der Waals surface area contributed by atoms with E-state index in [4.69, 9.17) is 4.98 Å². The standard InChI is InChI=1S/C26H34F2N8O2S/c1-4-39(37,38)15-17-12-36(13-17)25-20-11-31-23(9-18(20)19(10-32-25)16(2)3)33-22-5-6-30-26(34-22)35-8-7-29-21(14-35)24(27)28/h5-6,9-11,16-17,21,24,29H,4,7-8,12-15H2,1-3H3,(H,30,31,33,34)/t21-/m0/s1. The van der Waals surface area contributed by atoms with Gasteiger partial charge in [0.05, 0.1) is 11.8 Å². The quantitative estimate of drug-likeness (QED) is 0.404. The predicted molar refractivity (Wildman–Crippen MR) is 149 cm³/mol. The number of anilines is 4. The van der Waals surface area contributed by atoms with Gasteiger partial charge < -0.3 is 20.4 Å². The Morgan fingerprint density at radius 1 is 1.08 bits per heavy atom. The van der Waals surface area contributed by atoms with Crippen molar-refractivity contribution in [1.29, 1.82) is 0 Å². The van der Waals surface area contributed by atoms with Crippen molar-refractivity contribution in [3.63, 3.8) is 0 Å². The second-order valence-electron chi connectivity index (χ2n) is 10.5. The fraction of sp³-hybridized carbons (Fsp3) is 0.538.